The van der Waals surface area contributed by atoms with Gasteiger partial charge in [0.15, 0.2) is 0 Å². The minimum Gasteiger partial charge on any atom is -0.495 e. The van der Waals surface area contributed by atoms with E-state index in [0.717, 1.165) is 0 Å². The Morgan fingerprint density at radius 2 is 2.03 bits per heavy atom. The minimum atomic E-state index is -0.458. The third kappa shape index (κ3) is 4.05. The molecule has 0 radical (unpaired) electrons. The summed E-state index contributed by atoms with van der Waals surface area (Å²) in [6, 6.07) is 11.4. The van der Waals surface area contributed by atoms with E-state index in [0.29, 0.717) is 39.7 Å². The number of para-hydroxylation sites is 2. The molecule has 0 bridgehead atoms. The number of aromatic nitrogens is 2. The van der Waals surface area contributed by atoms with Gasteiger partial charge in [-0.3, -0.25) is 9.36 Å². The van der Waals surface area contributed by atoms with Crippen molar-refractivity contribution in [3.05, 3.63) is 63.7 Å². The first-order valence-electron chi connectivity index (χ1n) is 9.24. The number of urea groups is 1. The number of benzene rings is 2. The van der Waals surface area contributed by atoms with Crippen LogP contribution in [0.2, 0.25) is 5.02 Å². The van der Waals surface area contributed by atoms with E-state index in [9.17, 15) is 9.59 Å². The highest BCUT2D eigenvalue weighted by atomic mass is 35.5. The minimum absolute atomic E-state index is 0.158. The van der Waals surface area contributed by atoms with Crippen LogP contribution in [0, 0.1) is 0 Å². The number of amides is 2. The molecule has 0 saturated carbocycles. The van der Waals surface area contributed by atoms with E-state index >= 15 is 0 Å². The molecule has 29 heavy (non-hydrogen) atoms. The molecule has 0 aliphatic heterocycles. The quantitative estimate of drug-likeness (QED) is 0.675. The fraction of sp³-hybridized carbons (Fsp3) is 0.286. The number of anilines is 1. The van der Waals surface area contributed by atoms with Crippen LogP contribution in [-0.2, 0) is 6.54 Å². The molecule has 1 heterocycles. The molecule has 1 N–H and O–H groups in total. The number of hydrogen-bond donors (Lipinski definition) is 1. The van der Waals surface area contributed by atoms with Gasteiger partial charge in [-0.15, -0.1) is 0 Å². The Morgan fingerprint density at radius 1 is 1.31 bits per heavy atom. The van der Waals surface area contributed by atoms with Gasteiger partial charge in [0.05, 0.1) is 29.7 Å². The van der Waals surface area contributed by atoms with Crippen LogP contribution >= 0.6 is 11.6 Å². The fourth-order valence-electron chi connectivity index (χ4n) is 3.14. The molecule has 1 aromatic heterocycles. The molecule has 3 aromatic rings. The van der Waals surface area contributed by atoms with E-state index in [1.807, 2.05) is 26.0 Å². The number of rotatable bonds is 5. The lowest BCUT2D eigenvalue weighted by Gasteiger charge is -2.27. The molecule has 152 valence electrons. The van der Waals surface area contributed by atoms with Crippen molar-refractivity contribution in [2.75, 3.05) is 19.5 Å². The first-order valence-corrected chi connectivity index (χ1v) is 9.62. The predicted molar refractivity (Wildman–Crippen MR) is 115 cm³/mol. The van der Waals surface area contributed by atoms with Crippen molar-refractivity contribution >= 4 is 34.2 Å². The lowest BCUT2D eigenvalue weighted by molar-refractivity contribution is 0.204. The zero-order valence-corrected chi connectivity index (χ0v) is 17.5. The number of fused-ring (bicyclic) bond motifs is 1. The highest BCUT2D eigenvalue weighted by molar-refractivity contribution is 6.31. The van der Waals surface area contributed by atoms with Crippen molar-refractivity contribution in [3.8, 4) is 5.75 Å². The first kappa shape index (κ1) is 20.7. The summed E-state index contributed by atoms with van der Waals surface area (Å²) < 4.78 is 6.86. The molecular weight excluding hydrogens is 392 g/mol. The van der Waals surface area contributed by atoms with Crippen LogP contribution in [0.25, 0.3) is 10.9 Å². The maximum absolute atomic E-state index is 12.9. The number of nitrogens with one attached hydrogen (secondary N) is 1. The second-order valence-corrected chi connectivity index (χ2v) is 7.03. The van der Waals surface area contributed by atoms with E-state index in [2.05, 4.69) is 10.3 Å². The lowest BCUT2D eigenvalue weighted by Crippen LogP contribution is -2.37. The van der Waals surface area contributed by atoms with Crippen LogP contribution in [0.15, 0.2) is 47.3 Å². The molecule has 1 atom stereocenters. The van der Waals surface area contributed by atoms with E-state index < -0.39 is 6.04 Å². The summed E-state index contributed by atoms with van der Waals surface area (Å²) in [6.45, 7) is 4.13. The zero-order valence-electron chi connectivity index (χ0n) is 16.8. The topological polar surface area (TPSA) is 76.5 Å². The van der Waals surface area contributed by atoms with Crippen molar-refractivity contribution < 1.29 is 9.53 Å². The van der Waals surface area contributed by atoms with Gasteiger partial charge in [-0.2, -0.15) is 0 Å². The van der Waals surface area contributed by atoms with Gasteiger partial charge in [0, 0.05) is 18.6 Å². The highest BCUT2D eigenvalue weighted by Crippen LogP contribution is 2.25. The fourth-order valence-corrected chi connectivity index (χ4v) is 3.30. The summed E-state index contributed by atoms with van der Waals surface area (Å²) in [5.74, 6) is 1.05. The molecule has 0 fully saturated rings. The Balaban J connectivity index is 1.96. The Labute approximate surface area is 173 Å². The van der Waals surface area contributed by atoms with Gasteiger partial charge < -0.3 is 15.0 Å². The van der Waals surface area contributed by atoms with Crippen LogP contribution in [0.1, 0.15) is 25.7 Å². The average molecular weight is 415 g/mol. The van der Waals surface area contributed by atoms with E-state index in [1.54, 1.807) is 49.1 Å². The SMILES string of the molecule is CCn1c(C(C)N(C)C(=O)Nc2ccccc2OC)nc2cc(Cl)ccc2c1=O. The number of carbonyl (C=O) groups excluding carboxylic acids is 1. The van der Waals surface area contributed by atoms with E-state index in [-0.39, 0.29) is 11.6 Å². The van der Waals surface area contributed by atoms with E-state index in [1.165, 1.54) is 4.90 Å². The maximum Gasteiger partial charge on any atom is 0.322 e. The Kier molecular flexibility index (Phi) is 6.08. The maximum atomic E-state index is 12.9. The second kappa shape index (κ2) is 8.53. The van der Waals surface area contributed by atoms with Gasteiger partial charge in [-0.1, -0.05) is 23.7 Å². The number of nitrogens with zero attached hydrogens (tertiary/aromatic N) is 3. The summed E-state index contributed by atoms with van der Waals surface area (Å²) in [5.41, 5.74) is 0.910. The van der Waals surface area contributed by atoms with Crippen molar-refractivity contribution in [2.45, 2.75) is 26.4 Å². The molecule has 0 saturated heterocycles. The molecule has 7 nitrogen and oxygen atoms in total. The van der Waals surface area contributed by atoms with Gasteiger partial charge >= 0.3 is 6.03 Å². The van der Waals surface area contributed by atoms with Gasteiger partial charge in [0.2, 0.25) is 0 Å². The second-order valence-electron chi connectivity index (χ2n) is 6.60. The Hall–Kier alpha value is -3.06. The monoisotopic (exact) mass is 414 g/mol. The summed E-state index contributed by atoms with van der Waals surface area (Å²) in [6.07, 6.45) is 0. The molecule has 0 aliphatic rings. The van der Waals surface area contributed by atoms with Crippen molar-refractivity contribution in [1.82, 2.24) is 14.5 Å². The molecule has 2 amide bonds. The van der Waals surface area contributed by atoms with Crippen LogP contribution < -0.4 is 15.6 Å². The molecule has 8 heteroatoms. The third-order valence-electron chi connectivity index (χ3n) is 4.89. The molecule has 0 spiro atoms. The predicted octanol–water partition coefficient (Wildman–Crippen LogP) is 4.30. The first-order chi connectivity index (χ1) is 13.9. The number of halogens is 1. The highest BCUT2D eigenvalue weighted by Gasteiger charge is 2.23. The summed E-state index contributed by atoms with van der Waals surface area (Å²) in [7, 11) is 3.20. The van der Waals surface area contributed by atoms with Crippen molar-refractivity contribution in [2.24, 2.45) is 0 Å². The Bertz CT molecular complexity index is 1110. The number of hydrogen-bond acceptors (Lipinski definition) is 4. The summed E-state index contributed by atoms with van der Waals surface area (Å²) in [5, 5.41) is 3.83. The van der Waals surface area contributed by atoms with E-state index in [4.69, 9.17) is 16.3 Å². The van der Waals surface area contributed by atoms with Gasteiger partial charge in [-0.05, 0) is 44.2 Å². The van der Waals surface area contributed by atoms with Gasteiger partial charge in [0.25, 0.3) is 5.56 Å². The van der Waals surface area contributed by atoms with Crippen molar-refractivity contribution in [1.29, 1.82) is 0 Å². The summed E-state index contributed by atoms with van der Waals surface area (Å²) in [4.78, 5) is 31.9. The van der Waals surface area contributed by atoms with Gasteiger partial charge in [-0.25, -0.2) is 9.78 Å². The molecule has 3 rings (SSSR count). The normalized spacial score (nSPS) is 11.9. The smallest absolute Gasteiger partial charge is 0.322 e. The van der Waals surface area contributed by atoms with Crippen LogP contribution in [0.3, 0.4) is 0 Å². The molecule has 1 unspecified atom stereocenters. The average Bonchev–Trinajstić information content (AvgIpc) is 2.72. The lowest BCUT2D eigenvalue weighted by atomic mass is 10.2. The van der Waals surface area contributed by atoms with Crippen molar-refractivity contribution in [3.63, 3.8) is 0 Å². The third-order valence-corrected chi connectivity index (χ3v) is 5.12. The molecule has 2 aromatic carbocycles. The zero-order chi connectivity index (χ0) is 21.1. The molecule has 0 aliphatic carbocycles. The number of carbonyl (C=O) groups is 1. The van der Waals surface area contributed by atoms with Gasteiger partial charge in [0.1, 0.15) is 11.6 Å². The number of ether oxygens (including phenoxy) is 1. The molecular formula is C21H23ClN4O3. The standard InChI is InChI=1S/C21H23ClN4O3/c1-5-26-19(23-17-12-14(22)10-11-15(17)20(26)27)13(2)25(3)21(28)24-16-8-6-7-9-18(16)29-4/h6-13H,5H2,1-4H3,(H,24,28). The van der Waals surface area contributed by atoms with Crippen LogP contribution in [0.4, 0.5) is 10.5 Å². The Morgan fingerprint density at radius 3 is 2.72 bits per heavy atom. The number of methoxy groups -OCH3 is 1. The van der Waals surface area contributed by atoms with Crippen LogP contribution in [0.5, 0.6) is 5.75 Å². The largest absolute Gasteiger partial charge is 0.495 e. The van der Waals surface area contributed by atoms with Crippen LogP contribution in [-0.4, -0.2) is 34.6 Å². The summed E-state index contributed by atoms with van der Waals surface area (Å²) >= 11 is 6.07.